The Hall–Kier alpha value is -3.87. The Balaban J connectivity index is 1.65. The van der Waals surface area contributed by atoms with Crippen molar-refractivity contribution in [2.45, 2.75) is 26.2 Å². The van der Waals surface area contributed by atoms with E-state index >= 15 is 0 Å². The highest BCUT2D eigenvalue weighted by molar-refractivity contribution is 6.00. The number of carbonyl (C=O) groups is 1. The van der Waals surface area contributed by atoms with Crippen molar-refractivity contribution in [2.24, 2.45) is 7.05 Å². The van der Waals surface area contributed by atoms with Crippen LogP contribution in [-0.2, 0) is 12.5 Å². The van der Waals surface area contributed by atoms with Crippen molar-refractivity contribution in [3.8, 4) is 5.69 Å². The number of nitrogens with zero attached hydrogens (tertiary/aromatic N) is 3. The maximum absolute atomic E-state index is 12.9. The van der Waals surface area contributed by atoms with Crippen LogP contribution in [0.15, 0.2) is 71.8 Å². The van der Waals surface area contributed by atoms with E-state index in [-0.39, 0.29) is 11.0 Å². The molecule has 4 rings (SSSR count). The van der Waals surface area contributed by atoms with Gasteiger partial charge in [-0.1, -0.05) is 32.9 Å². The van der Waals surface area contributed by atoms with Crippen LogP contribution >= 0.6 is 0 Å². The second-order valence-corrected chi connectivity index (χ2v) is 8.49. The van der Waals surface area contributed by atoms with Crippen molar-refractivity contribution >= 4 is 28.3 Å². The summed E-state index contributed by atoms with van der Waals surface area (Å²) < 4.78 is 3.46. The monoisotopic (exact) mass is 415 g/mol. The topological polar surface area (TPSA) is 81.0 Å². The van der Waals surface area contributed by atoms with Crippen molar-refractivity contribution in [3.05, 3.63) is 82.9 Å². The zero-order valence-corrected chi connectivity index (χ0v) is 18.0. The standard InChI is InChI=1S/C24H25N5O2/c1-24(2,3)16-7-10-19(11-8-16)29-21-12-9-17(14-20(21)22(30)28(29)4)26-23(31)27-18-6-5-13-25-15-18/h5-15H,1-4H3,(H2,26,27,31). The summed E-state index contributed by atoms with van der Waals surface area (Å²) in [4.78, 5) is 29.1. The number of carbonyl (C=O) groups excluding carboxylic acids is 1. The smallest absolute Gasteiger partial charge is 0.308 e. The third kappa shape index (κ3) is 4.07. The van der Waals surface area contributed by atoms with E-state index in [0.29, 0.717) is 16.8 Å². The Morgan fingerprint density at radius 2 is 1.68 bits per heavy atom. The molecule has 2 aromatic heterocycles. The van der Waals surface area contributed by atoms with E-state index in [1.54, 1.807) is 48.4 Å². The van der Waals surface area contributed by atoms with Crippen LogP contribution in [0.3, 0.4) is 0 Å². The minimum Gasteiger partial charge on any atom is -0.308 e. The van der Waals surface area contributed by atoms with Crippen LogP contribution < -0.4 is 16.2 Å². The van der Waals surface area contributed by atoms with Crippen LogP contribution in [0.5, 0.6) is 0 Å². The van der Waals surface area contributed by atoms with Gasteiger partial charge in [0.05, 0.1) is 28.5 Å². The molecule has 0 spiro atoms. The fraction of sp³-hybridized carbons (Fsp3) is 0.208. The van der Waals surface area contributed by atoms with Crippen LogP contribution in [0.25, 0.3) is 16.6 Å². The lowest BCUT2D eigenvalue weighted by atomic mass is 9.87. The number of amides is 2. The number of hydrogen-bond acceptors (Lipinski definition) is 3. The molecule has 0 unspecified atom stereocenters. The van der Waals surface area contributed by atoms with E-state index in [0.717, 1.165) is 11.2 Å². The van der Waals surface area contributed by atoms with Gasteiger partial charge in [-0.15, -0.1) is 0 Å². The molecule has 158 valence electrons. The first-order valence-corrected chi connectivity index (χ1v) is 10.0. The van der Waals surface area contributed by atoms with E-state index < -0.39 is 6.03 Å². The van der Waals surface area contributed by atoms with Crippen LogP contribution in [0, 0.1) is 0 Å². The molecule has 0 saturated heterocycles. The Kier molecular flexibility index (Phi) is 5.10. The van der Waals surface area contributed by atoms with Gasteiger partial charge in [0.1, 0.15) is 0 Å². The molecular weight excluding hydrogens is 390 g/mol. The maximum atomic E-state index is 12.9. The first-order chi connectivity index (χ1) is 14.7. The minimum absolute atomic E-state index is 0.0557. The summed E-state index contributed by atoms with van der Waals surface area (Å²) in [7, 11) is 1.74. The van der Waals surface area contributed by atoms with E-state index in [9.17, 15) is 9.59 Å². The number of nitrogens with one attached hydrogen (secondary N) is 2. The summed E-state index contributed by atoms with van der Waals surface area (Å²) in [6.45, 7) is 6.51. The number of anilines is 2. The summed E-state index contributed by atoms with van der Waals surface area (Å²) in [6.07, 6.45) is 3.19. The average molecular weight is 415 g/mol. The van der Waals surface area contributed by atoms with Gasteiger partial charge in [0.2, 0.25) is 0 Å². The molecule has 2 aromatic carbocycles. The lowest BCUT2D eigenvalue weighted by molar-refractivity contribution is 0.262. The SMILES string of the molecule is Cn1c(=O)c2cc(NC(=O)Nc3cccnc3)ccc2n1-c1ccc(C(C)(C)C)cc1. The van der Waals surface area contributed by atoms with Crippen LogP contribution in [0.4, 0.5) is 16.2 Å². The fourth-order valence-corrected chi connectivity index (χ4v) is 3.54. The van der Waals surface area contributed by atoms with Gasteiger partial charge in [0.25, 0.3) is 5.56 Å². The number of aromatic nitrogens is 3. The van der Waals surface area contributed by atoms with Gasteiger partial charge in [0.15, 0.2) is 0 Å². The van der Waals surface area contributed by atoms with Crippen molar-refractivity contribution in [2.75, 3.05) is 10.6 Å². The van der Waals surface area contributed by atoms with E-state index in [2.05, 4.69) is 48.5 Å². The number of fused-ring (bicyclic) bond motifs is 1. The van der Waals surface area contributed by atoms with E-state index in [1.807, 2.05) is 22.9 Å². The van der Waals surface area contributed by atoms with Crippen molar-refractivity contribution in [1.82, 2.24) is 14.3 Å². The van der Waals surface area contributed by atoms with Crippen LogP contribution in [0.1, 0.15) is 26.3 Å². The highest BCUT2D eigenvalue weighted by Gasteiger charge is 2.16. The van der Waals surface area contributed by atoms with Crippen molar-refractivity contribution in [1.29, 1.82) is 0 Å². The van der Waals surface area contributed by atoms with Crippen molar-refractivity contribution in [3.63, 3.8) is 0 Å². The molecular formula is C24H25N5O2. The zero-order chi connectivity index (χ0) is 22.2. The van der Waals surface area contributed by atoms with E-state index in [4.69, 9.17) is 0 Å². The molecule has 7 nitrogen and oxygen atoms in total. The molecule has 0 saturated carbocycles. The lowest BCUT2D eigenvalue weighted by Crippen LogP contribution is -2.19. The maximum Gasteiger partial charge on any atom is 0.323 e. The van der Waals surface area contributed by atoms with Crippen LogP contribution in [-0.4, -0.2) is 20.4 Å². The number of benzene rings is 2. The molecule has 0 atom stereocenters. The van der Waals surface area contributed by atoms with Gasteiger partial charge in [-0.2, -0.15) is 0 Å². The molecule has 2 heterocycles. The Bertz CT molecular complexity index is 1300. The number of rotatable bonds is 3. The molecule has 0 aliphatic heterocycles. The summed E-state index contributed by atoms with van der Waals surface area (Å²) in [6, 6.07) is 16.6. The second-order valence-electron chi connectivity index (χ2n) is 8.49. The number of pyridine rings is 1. The largest absolute Gasteiger partial charge is 0.323 e. The number of urea groups is 1. The Labute approximate surface area is 180 Å². The Morgan fingerprint density at radius 1 is 0.968 bits per heavy atom. The first-order valence-electron chi connectivity index (χ1n) is 10.0. The Morgan fingerprint density at radius 3 is 2.32 bits per heavy atom. The highest BCUT2D eigenvalue weighted by Crippen LogP contribution is 2.25. The van der Waals surface area contributed by atoms with Crippen LogP contribution in [0.2, 0.25) is 0 Å². The molecule has 4 aromatic rings. The fourth-order valence-electron chi connectivity index (χ4n) is 3.54. The van der Waals surface area contributed by atoms with Crippen molar-refractivity contribution < 1.29 is 4.79 Å². The average Bonchev–Trinajstić information content (AvgIpc) is 2.98. The predicted octanol–water partition coefficient (Wildman–Crippen LogP) is 4.67. The molecule has 0 aliphatic carbocycles. The predicted molar refractivity (Wildman–Crippen MR) is 124 cm³/mol. The van der Waals surface area contributed by atoms with Gasteiger partial charge in [-0.05, 0) is 53.4 Å². The van der Waals surface area contributed by atoms with Gasteiger partial charge in [-0.3, -0.25) is 14.5 Å². The first kappa shape index (κ1) is 20.4. The quantitative estimate of drug-likeness (QED) is 0.510. The molecule has 2 amide bonds. The second kappa shape index (κ2) is 7.75. The third-order valence-corrected chi connectivity index (χ3v) is 5.20. The van der Waals surface area contributed by atoms with E-state index in [1.165, 1.54) is 5.56 Å². The molecule has 0 fully saturated rings. The third-order valence-electron chi connectivity index (χ3n) is 5.20. The summed E-state index contributed by atoms with van der Waals surface area (Å²) in [5.74, 6) is 0. The van der Waals surface area contributed by atoms with Gasteiger partial charge >= 0.3 is 6.03 Å². The summed E-state index contributed by atoms with van der Waals surface area (Å²) >= 11 is 0. The minimum atomic E-state index is -0.402. The lowest BCUT2D eigenvalue weighted by Gasteiger charge is -2.19. The molecule has 0 bridgehead atoms. The van der Waals surface area contributed by atoms with Gasteiger partial charge in [0, 0.05) is 18.9 Å². The summed E-state index contributed by atoms with van der Waals surface area (Å²) in [5.41, 5.74) is 3.94. The summed E-state index contributed by atoms with van der Waals surface area (Å²) in [5, 5.41) is 6.01. The van der Waals surface area contributed by atoms with Gasteiger partial charge < -0.3 is 10.6 Å². The normalized spacial score (nSPS) is 11.5. The molecule has 0 aliphatic rings. The molecule has 7 heteroatoms. The highest BCUT2D eigenvalue weighted by atomic mass is 16.2. The zero-order valence-electron chi connectivity index (χ0n) is 18.0. The number of hydrogen-bond donors (Lipinski definition) is 2. The molecule has 2 N–H and O–H groups in total. The molecule has 31 heavy (non-hydrogen) atoms. The van der Waals surface area contributed by atoms with Gasteiger partial charge in [-0.25, -0.2) is 9.48 Å². The molecule has 0 radical (unpaired) electrons.